The Labute approximate surface area is 176 Å². The Bertz CT molecular complexity index is 1130. The van der Waals surface area contributed by atoms with Crippen LogP contribution < -0.4 is 0 Å². The summed E-state index contributed by atoms with van der Waals surface area (Å²) in [5.41, 5.74) is 3.98. The van der Waals surface area contributed by atoms with Gasteiger partial charge in [-0.05, 0) is 45.4 Å². The third-order valence-corrected chi connectivity index (χ3v) is 5.76. The first kappa shape index (κ1) is 20.1. The lowest BCUT2D eigenvalue weighted by molar-refractivity contribution is -0.137. The molecule has 1 aliphatic rings. The van der Waals surface area contributed by atoms with Crippen LogP contribution in [0, 0.1) is 6.92 Å². The van der Waals surface area contributed by atoms with E-state index in [1.54, 1.807) is 30.0 Å². The van der Waals surface area contributed by atoms with Crippen LogP contribution >= 0.6 is 0 Å². The zero-order valence-corrected chi connectivity index (χ0v) is 18.1. The molecule has 0 unspecified atom stereocenters. The summed E-state index contributed by atoms with van der Waals surface area (Å²) in [6, 6.07) is 7.49. The van der Waals surface area contributed by atoms with Crippen LogP contribution in [0.3, 0.4) is 0 Å². The third kappa shape index (κ3) is 3.44. The quantitative estimate of drug-likeness (QED) is 0.670. The molecule has 156 valence electrons. The number of carbonyl (C=O) groups excluding carboxylic acids is 2. The minimum Gasteiger partial charge on any atom is -0.342 e. The van der Waals surface area contributed by atoms with Gasteiger partial charge in [-0.25, -0.2) is 4.98 Å². The van der Waals surface area contributed by atoms with Gasteiger partial charge in [0.15, 0.2) is 0 Å². The van der Waals surface area contributed by atoms with E-state index in [0.29, 0.717) is 24.3 Å². The van der Waals surface area contributed by atoms with Gasteiger partial charge in [0, 0.05) is 43.3 Å². The molecule has 3 aromatic rings. The fourth-order valence-corrected chi connectivity index (χ4v) is 3.86. The molecule has 7 nitrogen and oxygen atoms in total. The van der Waals surface area contributed by atoms with Gasteiger partial charge >= 0.3 is 0 Å². The van der Waals surface area contributed by atoms with Crippen LogP contribution in [0.2, 0.25) is 0 Å². The summed E-state index contributed by atoms with van der Waals surface area (Å²) in [5, 5.41) is 5.21. The summed E-state index contributed by atoms with van der Waals surface area (Å²) in [6.07, 6.45) is 3.73. The van der Waals surface area contributed by atoms with E-state index in [2.05, 4.69) is 18.9 Å². The standard InChI is InChI=1S/C23H27N5O2/c1-14(2)28-13-17(12-24-28)20-11-19(18-7-6-15(3)10-21(18)25-20)23(30)27-9-8-26(5)22(29)16(27)4/h6-7,10-14,16H,8-9H2,1-5H3/t16-/m1/s1. The number of benzene rings is 1. The van der Waals surface area contributed by atoms with Gasteiger partial charge in [0.25, 0.3) is 5.91 Å². The van der Waals surface area contributed by atoms with Crippen LogP contribution in [0.5, 0.6) is 0 Å². The number of aromatic nitrogens is 3. The highest BCUT2D eigenvalue weighted by atomic mass is 16.2. The first-order valence-electron chi connectivity index (χ1n) is 10.3. The van der Waals surface area contributed by atoms with E-state index in [-0.39, 0.29) is 17.9 Å². The summed E-state index contributed by atoms with van der Waals surface area (Å²) >= 11 is 0. The molecule has 0 spiro atoms. The van der Waals surface area contributed by atoms with Gasteiger partial charge in [-0.3, -0.25) is 14.3 Å². The molecule has 2 aromatic heterocycles. The Morgan fingerprint density at radius 1 is 1.20 bits per heavy atom. The fourth-order valence-electron chi connectivity index (χ4n) is 3.86. The van der Waals surface area contributed by atoms with E-state index in [9.17, 15) is 9.59 Å². The lowest BCUT2D eigenvalue weighted by atomic mass is 10.0. The molecule has 1 aliphatic heterocycles. The number of hydrogen-bond acceptors (Lipinski definition) is 4. The maximum atomic E-state index is 13.6. The number of likely N-dealkylation sites (N-methyl/N-ethyl adjacent to an activating group) is 1. The van der Waals surface area contributed by atoms with Crippen molar-refractivity contribution in [1.29, 1.82) is 0 Å². The minimum atomic E-state index is -0.489. The highest BCUT2D eigenvalue weighted by Gasteiger charge is 2.33. The summed E-state index contributed by atoms with van der Waals surface area (Å²) in [6.45, 7) is 8.97. The van der Waals surface area contributed by atoms with E-state index in [4.69, 9.17) is 4.98 Å². The van der Waals surface area contributed by atoms with Crippen LogP contribution in [-0.2, 0) is 4.79 Å². The molecule has 7 heteroatoms. The van der Waals surface area contributed by atoms with Gasteiger partial charge < -0.3 is 9.80 Å². The first-order chi connectivity index (χ1) is 14.3. The first-order valence-corrected chi connectivity index (χ1v) is 10.3. The topological polar surface area (TPSA) is 71.3 Å². The lowest BCUT2D eigenvalue weighted by Gasteiger charge is -2.37. The Morgan fingerprint density at radius 3 is 2.67 bits per heavy atom. The number of pyridine rings is 1. The van der Waals surface area contributed by atoms with Crippen molar-refractivity contribution >= 4 is 22.7 Å². The Morgan fingerprint density at radius 2 is 1.97 bits per heavy atom. The molecular weight excluding hydrogens is 378 g/mol. The van der Waals surface area contributed by atoms with Crippen molar-refractivity contribution in [2.75, 3.05) is 20.1 Å². The van der Waals surface area contributed by atoms with E-state index < -0.39 is 6.04 Å². The molecule has 0 aliphatic carbocycles. The van der Waals surface area contributed by atoms with Crippen molar-refractivity contribution in [2.24, 2.45) is 0 Å². The second kappa shape index (κ2) is 7.55. The van der Waals surface area contributed by atoms with Gasteiger partial charge in [0.05, 0.1) is 23.0 Å². The maximum Gasteiger partial charge on any atom is 0.255 e. The number of carbonyl (C=O) groups is 2. The number of hydrogen-bond donors (Lipinski definition) is 0. The average molecular weight is 406 g/mol. The molecule has 0 radical (unpaired) electrons. The molecule has 1 atom stereocenters. The predicted octanol–water partition coefficient (Wildman–Crippen LogP) is 3.29. The Kier molecular flexibility index (Phi) is 5.05. The molecule has 4 rings (SSSR count). The van der Waals surface area contributed by atoms with Gasteiger partial charge in [0.2, 0.25) is 5.91 Å². The Balaban J connectivity index is 1.83. The van der Waals surface area contributed by atoms with E-state index >= 15 is 0 Å². The SMILES string of the molecule is Cc1ccc2c(C(=O)N3CCN(C)C(=O)[C@H]3C)cc(-c3cnn(C(C)C)c3)nc2c1. The number of aryl methyl sites for hydroxylation is 1. The minimum absolute atomic E-state index is 0.0396. The van der Waals surface area contributed by atoms with Crippen molar-refractivity contribution in [1.82, 2.24) is 24.6 Å². The molecule has 0 bridgehead atoms. The second-order valence-electron chi connectivity index (χ2n) is 8.31. The number of amides is 2. The van der Waals surface area contributed by atoms with Crippen LogP contribution in [0.1, 0.15) is 42.7 Å². The molecule has 0 N–H and O–H groups in total. The molecule has 0 saturated carbocycles. The van der Waals surface area contributed by atoms with Gasteiger partial charge in [-0.1, -0.05) is 12.1 Å². The van der Waals surface area contributed by atoms with Crippen molar-refractivity contribution in [3.63, 3.8) is 0 Å². The van der Waals surface area contributed by atoms with E-state index in [1.165, 1.54) is 0 Å². The van der Waals surface area contributed by atoms with E-state index in [0.717, 1.165) is 22.0 Å². The van der Waals surface area contributed by atoms with Crippen LogP contribution in [0.4, 0.5) is 0 Å². The number of piperazine rings is 1. The largest absolute Gasteiger partial charge is 0.342 e. The molecule has 3 heterocycles. The summed E-state index contributed by atoms with van der Waals surface area (Å²) in [7, 11) is 1.77. The lowest BCUT2D eigenvalue weighted by Crippen LogP contribution is -2.56. The fraction of sp³-hybridized carbons (Fsp3) is 0.391. The zero-order chi connectivity index (χ0) is 21.6. The normalized spacial score (nSPS) is 17.3. The van der Waals surface area contributed by atoms with Crippen LogP contribution in [-0.4, -0.2) is 62.6 Å². The van der Waals surface area contributed by atoms with Crippen LogP contribution in [0.15, 0.2) is 36.7 Å². The number of fused-ring (bicyclic) bond motifs is 1. The van der Waals surface area contributed by atoms with Gasteiger partial charge in [-0.15, -0.1) is 0 Å². The summed E-state index contributed by atoms with van der Waals surface area (Å²) < 4.78 is 1.88. The van der Waals surface area contributed by atoms with Crippen molar-refractivity contribution < 1.29 is 9.59 Å². The monoisotopic (exact) mass is 405 g/mol. The molecular formula is C23H27N5O2. The molecule has 1 aromatic carbocycles. The highest BCUT2D eigenvalue weighted by Crippen LogP contribution is 2.28. The third-order valence-electron chi connectivity index (χ3n) is 5.76. The zero-order valence-electron chi connectivity index (χ0n) is 18.1. The second-order valence-corrected chi connectivity index (χ2v) is 8.31. The highest BCUT2D eigenvalue weighted by molar-refractivity contribution is 6.08. The summed E-state index contributed by atoms with van der Waals surface area (Å²) in [4.78, 5) is 34.2. The van der Waals surface area contributed by atoms with Gasteiger partial charge in [0.1, 0.15) is 6.04 Å². The smallest absolute Gasteiger partial charge is 0.255 e. The maximum absolute atomic E-state index is 13.6. The Hall–Kier alpha value is -3.22. The van der Waals surface area contributed by atoms with Crippen molar-refractivity contribution in [3.05, 3.63) is 47.8 Å². The molecule has 30 heavy (non-hydrogen) atoms. The van der Waals surface area contributed by atoms with Gasteiger partial charge in [-0.2, -0.15) is 5.10 Å². The summed E-state index contributed by atoms with van der Waals surface area (Å²) in [5.74, 6) is -0.181. The molecule has 1 fully saturated rings. The van der Waals surface area contributed by atoms with Crippen LogP contribution in [0.25, 0.3) is 22.2 Å². The number of rotatable bonds is 3. The average Bonchev–Trinajstić information content (AvgIpc) is 3.21. The molecule has 1 saturated heterocycles. The van der Waals surface area contributed by atoms with Crippen molar-refractivity contribution in [2.45, 2.75) is 39.8 Å². The molecule has 2 amide bonds. The van der Waals surface area contributed by atoms with E-state index in [1.807, 2.05) is 42.1 Å². The van der Waals surface area contributed by atoms with Crippen molar-refractivity contribution in [3.8, 4) is 11.3 Å². The predicted molar refractivity (Wildman–Crippen MR) is 116 cm³/mol. The number of nitrogens with zero attached hydrogens (tertiary/aromatic N) is 5.